The molecule has 0 saturated carbocycles. The van der Waals surface area contributed by atoms with Crippen molar-refractivity contribution in [2.24, 2.45) is 11.7 Å². The summed E-state index contributed by atoms with van der Waals surface area (Å²) in [5, 5.41) is 2.81. The summed E-state index contributed by atoms with van der Waals surface area (Å²) < 4.78 is 5.64. The Hall–Kier alpha value is -1.88. The highest BCUT2D eigenvalue weighted by Crippen LogP contribution is 2.18. The van der Waals surface area contributed by atoms with Gasteiger partial charge in [0.05, 0.1) is 6.04 Å². The topological polar surface area (TPSA) is 81.2 Å². The third-order valence-electron chi connectivity index (χ3n) is 3.32. The van der Waals surface area contributed by atoms with E-state index in [1.165, 1.54) is 0 Å². The molecule has 3 N–H and O–H groups in total. The average Bonchev–Trinajstić information content (AvgIpc) is 2.82. The van der Waals surface area contributed by atoms with E-state index in [2.05, 4.69) is 10.3 Å². The number of carbonyl (C=O) groups is 1. The van der Waals surface area contributed by atoms with Crippen molar-refractivity contribution in [2.45, 2.75) is 33.2 Å². The van der Waals surface area contributed by atoms with Crippen LogP contribution >= 0.6 is 0 Å². The van der Waals surface area contributed by atoms with Gasteiger partial charge in [0.1, 0.15) is 5.52 Å². The van der Waals surface area contributed by atoms with E-state index in [1.807, 2.05) is 39.0 Å². The van der Waals surface area contributed by atoms with Gasteiger partial charge in [0.2, 0.25) is 5.91 Å². The summed E-state index contributed by atoms with van der Waals surface area (Å²) in [6.07, 6.45) is 0.560. The number of para-hydroxylation sites is 1. The van der Waals surface area contributed by atoms with Crippen LogP contribution in [0.25, 0.3) is 11.1 Å². The first-order chi connectivity index (χ1) is 9.49. The second kappa shape index (κ2) is 6.05. The molecule has 0 aliphatic carbocycles. The second-order valence-corrected chi connectivity index (χ2v) is 5.34. The molecular formula is C15H21N3O2. The van der Waals surface area contributed by atoms with Crippen molar-refractivity contribution in [3.05, 3.63) is 29.7 Å². The Kier molecular flexibility index (Phi) is 4.39. The Morgan fingerprint density at radius 2 is 2.20 bits per heavy atom. The van der Waals surface area contributed by atoms with Crippen molar-refractivity contribution < 1.29 is 9.21 Å². The van der Waals surface area contributed by atoms with Gasteiger partial charge in [-0.25, -0.2) is 4.98 Å². The predicted octanol–water partition coefficient (Wildman–Crippen LogP) is 1.78. The van der Waals surface area contributed by atoms with Crippen LogP contribution in [0.5, 0.6) is 0 Å². The van der Waals surface area contributed by atoms with Crippen LogP contribution in [-0.2, 0) is 11.2 Å². The van der Waals surface area contributed by atoms with Gasteiger partial charge in [-0.15, -0.1) is 0 Å². The molecule has 0 aliphatic rings. The van der Waals surface area contributed by atoms with Gasteiger partial charge >= 0.3 is 0 Å². The first kappa shape index (κ1) is 14.5. The molecule has 1 atom stereocenters. The second-order valence-electron chi connectivity index (χ2n) is 5.34. The highest BCUT2D eigenvalue weighted by atomic mass is 16.3. The Labute approximate surface area is 118 Å². The minimum absolute atomic E-state index is 0.127. The molecule has 2 aromatic rings. The number of aryl methyl sites for hydroxylation is 1. The van der Waals surface area contributed by atoms with Crippen molar-refractivity contribution in [1.29, 1.82) is 0 Å². The van der Waals surface area contributed by atoms with Crippen molar-refractivity contribution in [1.82, 2.24) is 10.3 Å². The molecule has 0 bridgehead atoms. The highest BCUT2D eigenvalue weighted by Gasteiger charge is 2.16. The summed E-state index contributed by atoms with van der Waals surface area (Å²) in [6, 6.07) is 5.36. The molecule has 2 rings (SSSR count). The van der Waals surface area contributed by atoms with Crippen LogP contribution in [-0.4, -0.2) is 23.5 Å². The minimum Gasteiger partial charge on any atom is -0.441 e. The molecule has 0 radical (unpaired) electrons. The molecule has 5 nitrogen and oxygen atoms in total. The number of aromatic nitrogens is 1. The minimum atomic E-state index is -0.471. The molecule has 1 aromatic heterocycles. The molecule has 0 saturated heterocycles. The number of hydrogen-bond acceptors (Lipinski definition) is 4. The smallest absolute Gasteiger partial charge is 0.237 e. The number of hydrogen-bond donors (Lipinski definition) is 2. The number of nitrogens with two attached hydrogens (primary N) is 1. The molecule has 1 aromatic carbocycles. The first-order valence-electron chi connectivity index (χ1n) is 6.87. The van der Waals surface area contributed by atoms with Gasteiger partial charge in [-0.3, -0.25) is 4.79 Å². The Morgan fingerprint density at radius 3 is 2.85 bits per heavy atom. The van der Waals surface area contributed by atoms with Crippen molar-refractivity contribution in [3.63, 3.8) is 0 Å². The summed E-state index contributed by atoms with van der Waals surface area (Å²) in [7, 11) is 0. The van der Waals surface area contributed by atoms with Crippen molar-refractivity contribution >= 4 is 17.0 Å². The monoisotopic (exact) mass is 275 g/mol. The van der Waals surface area contributed by atoms with Gasteiger partial charge < -0.3 is 15.5 Å². The van der Waals surface area contributed by atoms with E-state index in [-0.39, 0.29) is 11.8 Å². The summed E-state index contributed by atoms with van der Waals surface area (Å²) in [6.45, 7) is 6.32. The fourth-order valence-electron chi connectivity index (χ4n) is 1.95. The number of oxazole rings is 1. The molecule has 5 heteroatoms. The molecule has 0 fully saturated rings. The third kappa shape index (κ3) is 3.17. The highest BCUT2D eigenvalue weighted by molar-refractivity contribution is 5.81. The predicted molar refractivity (Wildman–Crippen MR) is 78.3 cm³/mol. The zero-order valence-corrected chi connectivity index (χ0v) is 12.1. The van der Waals surface area contributed by atoms with Gasteiger partial charge in [0.15, 0.2) is 11.5 Å². The maximum atomic E-state index is 11.7. The maximum Gasteiger partial charge on any atom is 0.237 e. The van der Waals surface area contributed by atoms with Crippen LogP contribution in [0.15, 0.2) is 22.6 Å². The van der Waals surface area contributed by atoms with Gasteiger partial charge in [-0.2, -0.15) is 0 Å². The van der Waals surface area contributed by atoms with Gasteiger partial charge in [0, 0.05) is 13.0 Å². The van der Waals surface area contributed by atoms with E-state index in [4.69, 9.17) is 10.2 Å². The molecular weight excluding hydrogens is 254 g/mol. The first-order valence-corrected chi connectivity index (χ1v) is 6.87. The average molecular weight is 275 g/mol. The number of amides is 1. The molecule has 1 heterocycles. The number of nitrogens with zero attached hydrogens (tertiary/aromatic N) is 1. The number of rotatable bonds is 5. The van der Waals surface area contributed by atoms with Crippen LogP contribution in [0.1, 0.15) is 25.3 Å². The standard InChI is InChI=1S/C15H21N3O2/c1-9(2)13(16)15(19)17-8-7-12-18-14-10(3)5-4-6-11(14)20-12/h4-6,9,13H,7-8,16H2,1-3H3,(H,17,19). The normalized spacial score (nSPS) is 12.8. The molecule has 1 amide bonds. The number of fused-ring (bicyclic) bond motifs is 1. The van der Waals surface area contributed by atoms with E-state index in [0.717, 1.165) is 16.7 Å². The van der Waals surface area contributed by atoms with E-state index >= 15 is 0 Å². The van der Waals surface area contributed by atoms with Crippen LogP contribution in [0.2, 0.25) is 0 Å². The largest absolute Gasteiger partial charge is 0.441 e. The van der Waals surface area contributed by atoms with Crippen LogP contribution in [0.4, 0.5) is 0 Å². The lowest BCUT2D eigenvalue weighted by atomic mass is 10.1. The molecule has 108 valence electrons. The van der Waals surface area contributed by atoms with Crippen LogP contribution < -0.4 is 11.1 Å². The van der Waals surface area contributed by atoms with Crippen molar-refractivity contribution in [2.75, 3.05) is 6.54 Å². The number of nitrogens with one attached hydrogen (secondary N) is 1. The Morgan fingerprint density at radius 1 is 1.45 bits per heavy atom. The zero-order chi connectivity index (χ0) is 14.7. The van der Waals surface area contributed by atoms with E-state index in [1.54, 1.807) is 0 Å². The Balaban J connectivity index is 1.93. The van der Waals surface area contributed by atoms with E-state index in [9.17, 15) is 4.79 Å². The summed E-state index contributed by atoms with van der Waals surface area (Å²) in [5.41, 5.74) is 8.52. The van der Waals surface area contributed by atoms with Crippen molar-refractivity contribution in [3.8, 4) is 0 Å². The molecule has 20 heavy (non-hydrogen) atoms. The summed E-state index contributed by atoms with van der Waals surface area (Å²) in [5.74, 6) is 0.627. The fourth-order valence-corrected chi connectivity index (χ4v) is 1.95. The quantitative estimate of drug-likeness (QED) is 0.871. The van der Waals surface area contributed by atoms with E-state index < -0.39 is 6.04 Å². The summed E-state index contributed by atoms with van der Waals surface area (Å²) in [4.78, 5) is 16.2. The lowest BCUT2D eigenvalue weighted by Gasteiger charge is -2.14. The lowest BCUT2D eigenvalue weighted by Crippen LogP contribution is -2.44. The SMILES string of the molecule is Cc1cccc2oc(CCNC(=O)C(N)C(C)C)nc12. The van der Waals surface area contributed by atoms with Gasteiger partial charge in [-0.1, -0.05) is 26.0 Å². The Bertz CT molecular complexity index is 604. The van der Waals surface area contributed by atoms with Gasteiger partial charge in [0.25, 0.3) is 0 Å². The maximum absolute atomic E-state index is 11.7. The number of benzene rings is 1. The van der Waals surface area contributed by atoms with E-state index in [0.29, 0.717) is 18.9 Å². The number of carbonyl (C=O) groups excluding carboxylic acids is 1. The molecule has 0 spiro atoms. The zero-order valence-electron chi connectivity index (χ0n) is 12.1. The van der Waals surface area contributed by atoms with Crippen LogP contribution in [0, 0.1) is 12.8 Å². The third-order valence-corrected chi connectivity index (χ3v) is 3.32. The molecule has 0 aliphatic heterocycles. The lowest BCUT2D eigenvalue weighted by molar-refractivity contribution is -0.123. The summed E-state index contributed by atoms with van der Waals surface area (Å²) >= 11 is 0. The molecule has 1 unspecified atom stereocenters. The van der Waals surface area contributed by atoms with Gasteiger partial charge in [-0.05, 0) is 24.5 Å². The fraction of sp³-hybridized carbons (Fsp3) is 0.467. The van der Waals surface area contributed by atoms with Crippen LogP contribution in [0.3, 0.4) is 0 Å².